The number of nitrogens with zero attached hydrogens (tertiary/aromatic N) is 5. The third-order valence-electron chi connectivity index (χ3n) is 5.26. The van der Waals surface area contributed by atoms with Crippen molar-refractivity contribution in [2.75, 3.05) is 24.5 Å². The lowest BCUT2D eigenvalue weighted by atomic mass is 9.86. The lowest BCUT2D eigenvalue weighted by Gasteiger charge is -2.24. The minimum absolute atomic E-state index is 0.0336. The van der Waals surface area contributed by atoms with E-state index >= 15 is 0 Å². The molecular formula is C17H21N5O2. The Kier molecular flexibility index (Phi) is 3.60. The van der Waals surface area contributed by atoms with Crippen LogP contribution in [0.25, 0.3) is 0 Å². The Morgan fingerprint density at radius 1 is 1.25 bits per heavy atom. The third-order valence-corrected chi connectivity index (χ3v) is 5.26. The van der Waals surface area contributed by atoms with Crippen molar-refractivity contribution in [3.05, 3.63) is 35.7 Å². The van der Waals surface area contributed by atoms with Gasteiger partial charge in [-0.3, -0.25) is 9.69 Å². The summed E-state index contributed by atoms with van der Waals surface area (Å²) in [5.41, 5.74) is 2.96. The van der Waals surface area contributed by atoms with E-state index in [4.69, 9.17) is 4.52 Å². The van der Waals surface area contributed by atoms with Crippen molar-refractivity contribution >= 4 is 11.6 Å². The van der Waals surface area contributed by atoms with E-state index in [1.165, 1.54) is 11.9 Å². The van der Waals surface area contributed by atoms with Crippen molar-refractivity contribution in [3.63, 3.8) is 0 Å². The summed E-state index contributed by atoms with van der Waals surface area (Å²) in [6, 6.07) is 0. The van der Waals surface area contributed by atoms with Gasteiger partial charge in [-0.1, -0.05) is 5.16 Å². The van der Waals surface area contributed by atoms with Crippen LogP contribution in [-0.2, 0) is 11.3 Å². The summed E-state index contributed by atoms with van der Waals surface area (Å²) in [5, 5.41) is 4.03. The molecule has 2 aromatic rings. The Morgan fingerprint density at radius 3 is 2.75 bits per heavy atom. The fourth-order valence-electron chi connectivity index (χ4n) is 3.95. The van der Waals surface area contributed by atoms with Crippen molar-refractivity contribution in [2.24, 2.45) is 5.41 Å². The Balaban J connectivity index is 1.47. The van der Waals surface area contributed by atoms with Crippen LogP contribution in [0, 0.1) is 19.3 Å². The molecule has 0 saturated carbocycles. The van der Waals surface area contributed by atoms with Crippen molar-refractivity contribution in [1.82, 2.24) is 20.0 Å². The molecule has 1 atom stereocenters. The highest BCUT2D eigenvalue weighted by molar-refractivity contribution is 5.96. The van der Waals surface area contributed by atoms with Gasteiger partial charge in [0.25, 0.3) is 0 Å². The van der Waals surface area contributed by atoms with Gasteiger partial charge >= 0.3 is 0 Å². The molecule has 0 unspecified atom stereocenters. The Labute approximate surface area is 140 Å². The first-order valence-corrected chi connectivity index (χ1v) is 8.26. The minimum atomic E-state index is 0.0336. The molecular weight excluding hydrogens is 306 g/mol. The van der Waals surface area contributed by atoms with Crippen LogP contribution in [0.15, 0.2) is 23.2 Å². The molecule has 1 amide bonds. The number of rotatable bonds is 3. The van der Waals surface area contributed by atoms with Crippen LogP contribution < -0.4 is 4.90 Å². The van der Waals surface area contributed by atoms with Crippen molar-refractivity contribution < 1.29 is 9.32 Å². The number of likely N-dealkylation sites (tertiary alicyclic amines) is 1. The normalized spacial score (nSPS) is 24.4. The fourth-order valence-corrected chi connectivity index (χ4v) is 3.95. The quantitative estimate of drug-likeness (QED) is 0.854. The van der Waals surface area contributed by atoms with E-state index in [0.717, 1.165) is 49.7 Å². The molecule has 0 aromatic carbocycles. The zero-order chi connectivity index (χ0) is 16.7. The summed E-state index contributed by atoms with van der Waals surface area (Å²) in [6.07, 6.45) is 6.54. The molecule has 7 heteroatoms. The first kappa shape index (κ1) is 15.3. The van der Waals surface area contributed by atoms with Crippen LogP contribution in [0.1, 0.15) is 29.9 Å². The van der Waals surface area contributed by atoms with Gasteiger partial charge in [0.2, 0.25) is 5.91 Å². The van der Waals surface area contributed by atoms with Gasteiger partial charge in [-0.25, -0.2) is 9.97 Å². The number of hydrogen-bond donors (Lipinski definition) is 0. The number of carbonyl (C=O) groups excluding carboxylic acids is 1. The molecule has 2 saturated heterocycles. The smallest absolute Gasteiger partial charge is 0.227 e. The number of amides is 1. The number of aryl methyl sites for hydroxylation is 2. The molecule has 0 radical (unpaired) electrons. The van der Waals surface area contributed by atoms with Crippen LogP contribution in [0.2, 0.25) is 0 Å². The molecule has 2 aliphatic heterocycles. The maximum atomic E-state index is 12.5. The number of carbonyl (C=O) groups is 1. The maximum absolute atomic E-state index is 12.5. The molecule has 2 fully saturated rings. The lowest BCUT2D eigenvalue weighted by Crippen LogP contribution is -2.31. The third kappa shape index (κ3) is 2.58. The molecule has 0 bridgehead atoms. The van der Waals surface area contributed by atoms with Gasteiger partial charge in [0.1, 0.15) is 12.1 Å². The summed E-state index contributed by atoms with van der Waals surface area (Å²) in [6.45, 7) is 7.44. The average molecular weight is 327 g/mol. The van der Waals surface area contributed by atoms with E-state index in [1.54, 1.807) is 12.4 Å². The van der Waals surface area contributed by atoms with Gasteiger partial charge < -0.3 is 9.42 Å². The van der Waals surface area contributed by atoms with E-state index in [0.29, 0.717) is 6.42 Å². The highest BCUT2D eigenvalue weighted by atomic mass is 16.5. The molecule has 2 aromatic heterocycles. The predicted molar refractivity (Wildman–Crippen MR) is 87.3 cm³/mol. The fraction of sp³-hybridized carbons (Fsp3) is 0.529. The SMILES string of the molecule is Cc1noc(C)c1CN1CC[C@]2(CC(=O)N(c3cncnc3)C2)C1. The molecule has 1 spiro atoms. The van der Waals surface area contributed by atoms with Crippen molar-refractivity contribution in [1.29, 1.82) is 0 Å². The van der Waals surface area contributed by atoms with Crippen LogP contribution in [-0.4, -0.2) is 45.6 Å². The molecule has 7 nitrogen and oxygen atoms in total. The van der Waals surface area contributed by atoms with Gasteiger partial charge in [0.05, 0.1) is 23.8 Å². The van der Waals surface area contributed by atoms with Crippen LogP contribution >= 0.6 is 0 Å². The van der Waals surface area contributed by atoms with Crippen LogP contribution in [0.3, 0.4) is 0 Å². The molecule has 24 heavy (non-hydrogen) atoms. The van der Waals surface area contributed by atoms with Gasteiger partial charge in [0.15, 0.2) is 0 Å². The summed E-state index contributed by atoms with van der Waals surface area (Å²) >= 11 is 0. The van der Waals surface area contributed by atoms with E-state index in [1.807, 2.05) is 18.7 Å². The summed E-state index contributed by atoms with van der Waals surface area (Å²) in [5.74, 6) is 1.06. The van der Waals surface area contributed by atoms with Gasteiger partial charge in [-0.15, -0.1) is 0 Å². The van der Waals surface area contributed by atoms with Crippen LogP contribution in [0.5, 0.6) is 0 Å². The predicted octanol–water partition coefficient (Wildman–Crippen LogP) is 1.71. The summed E-state index contributed by atoms with van der Waals surface area (Å²) in [7, 11) is 0. The zero-order valence-corrected chi connectivity index (χ0v) is 14.0. The van der Waals surface area contributed by atoms with Gasteiger partial charge in [0, 0.05) is 37.0 Å². The minimum Gasteiger partial charge on any atom is -0.361 e. The Hall–Kier alpha value is -2.28. The second kappa shape index (κ2) is 5.66. The standard InChI is InChI=1S/C17H21N5O2/c1-12-15(13(2)24-20-12)8-21-4-3-17(9-21)5-16(23)22(10-17)14-6-18-11-19-7-14/h6-7,11H,3-5,8-10H2,1-2H3/t17-/m0/s1. The van der Waals surface area contributed by atoms with Gasteiger partial charge in [-0.05, 0) is 26.8 Å². The van der Waals surface area contributed by atoms with Crippen LogP contribution in [0.4, 0.5) is 5.69 Å². The molecule has 0 aliphatic carbocycles. The number of hydrogen-bond acceptors (Lipinski definition) is 6. The van der Waals surface area contributed by atoms with E-state index in [9.17, 15) is 4.79 Å². The topological polar surface area (TPSA) is 75.4 Å². The molecule has 0 N–H and O–H groups in total. The monoisotopic (exact) mass is 327 g/mol. The molecule has 126 valence electrons. The number of anilines is 1. The Bertz CT molecular complexity index is 740. The van der Waals surface area contributed by atoms with Crippen molar-refractivity contribution in [3.8, 4) is 0 Å². The molecule has 4 heterocycles. The average Bonchev–Trinajstić information content (AvgIpc) is 3.22. The Morgan fingerprint density at radius 2 is 2.04 bits per heavy atom. The van der Waals surface area contributed by atoms with E-state index < -0.39 is 0 Å². The highest BCUT2D eigenvalue weighted by Gasteiger charge is 2.47. The summed E-state index contributed by atoms with van der Waals surface area (Å²) < 4.78 is 5.26. The first-order valence-electron chi connectivity index (χ1n) is 8.26. The van der Waals surface area contributed by atoms with Gasteiger partial charge in [-0.2, -0.15) is 0 Å². The second-order valence-electron chi connectivity index (χ2n) is 7.02. The zero-order valence-electron chi connectivity index (χ0n) is 14.0. The second-order valence-corrected chi connectivity index (χ2v) is 7.02. The lowest BCUT2D eigenvalue weighted by molar-refractivity contribution is -0.117. The molecule has 2 aliphatic rings. The maximum Gasteiger partial charge on any atom is 0.227 e. The molecule has 4 rings (SSSR count). The largest absolute Gasteiger partial charge is 0.361 e. The summed E-state index contributed by atoms with van der Waals surface area (Å²) in [4.78, 5) is 24.8. The van der Waals surface area contributed by atoms with Crippen molar-refractivity contribution in [2.45, 2.75) is 33.2 Å². The van der Waals surface area contributed by atoms with E-state index in [2.05, 4.69) is 20.0 Å². The highest BCUT2D eigenvalue weighted by Crippen LogP contribution is 2.42. The van der Waals surface area contributed by atoms with E-state index in [-0.39, 0.29) is 11.3 Å². The number of aromatic nitrogens is 3. The first-order chi connectivity index (χ1) is 11.6.